The zero-order valence-electron chi connectivity index (χ0n) is 16.2. The smallest absolute Gasteiger partial charge is 0.399 e. The molecular weight excluding hydrogens is 385 g/mol. The first-order chi connectivity index (χ1) is 13.3. The SMILES string of the molecule is CCC(CC)CCSCOc1ccc(C(c2ccc(O)cc2)C(F)(F)F)cc1. The first-order valence-electron chi connectivity index (χ1n) is 9.51. The van der Waals surface area contributed by atoms with Crippen LogP contribution in [0.15, 0.2) is 48.5 Å². The lowest BCUT2D eigenvalue weighted by molar-refractivity contribution is -0.141. The minimum atomic E-state index is -4.43. The highest BCUT2D eigenvalue weighted by Gasteiger charge is 2.41. The zero-order valence-corrected chi connectivity index (χ0v) is 17.0. The molecule has 0 radical (unpaired) electrons. The molecule has 0 aliphatic rings. The predicted octanol–water partition coefficient (Wildman–Crippen LogP) is 6.98. The van der Waals surface area contributed by atoms with Crippen molar-refractivity contribution in [1.82, 2.24) is 0 Å². The molecule has 2 rings (SSSR count). The van der Waals surface area contributed by atoms with E-state index < -0.39 is 12.1 Å². The molecule has 0 aromatic heterocycles. The van der Waals surface area contributed by atoms with Crippen molar-refractivity contribution in [1.29, 1.82) is 0 Å². The molecule has 1 unspecified atom stereocenters. The average molecular weight is 413 g/mol. The molecule has 154 valence electrons. The van der Waals surface area contributed by atoms with E-state index in [-0.39, 0.29) is 16.9 Å². The van der Waals surface area contributed by atoms with Crippen molar-refractivity contribution >= 4 is 11.8 Å². The first-order valence-corrected chi connectivity index (χ1v) is 10.7. The van der Waals surface area contributed by atoms with Crippen LogP contribution in [0.1, 0.15) is 50.2 Å². The van der Waals surface area contributed by atoms with Crippen molar-refractivity contribution < 1.29 is 23.0 Å². The van der Waals surface area contributed by atoms with Gasteiger partial charge in [-0.25, -0.2) is 0 Å². The Labute approximate surface area is 169 Å². The highest BCUT2D eigenvalue weighted by Crippen LogP contribution is 2.40. The van der Waals surface area contributed by atoms with E-state index in [9.17, 15) is 18.3 Å². The molecule has 2 aromatic carbocycles. The van der Waals surface area contributed by atoms with E-state index in [0.29, 0.717) is 11.7 Å². The van der Waals surface area contributed by atoms with E-state index in [1.54, 1.807) is 23.9 Å². The first kappa shape index (κ1) is 22.5. The Balaban J connectivity index is 1.96. The van der Waals surface area contributed by atoms with Crippen LogP contribution in [0.2, 0.25) is 0 Å². The molecule has 0 aliphatic carbocycles. The molecule has 0 saturated heterocycles. The van der Waals surface area contributed by atoms with Gasteiger partial charge in [0.2, 0.25) is 0 Å². The number of hydrogen-bond acceptors (Lipinski definition) is 3. The number of phenolic OH excluding ortho intramolecular Hbond substituents is 1. The topological polar surface area (TPSA) is 29.5 Å². The lowest BCUT2D eigenvalue weighted by Crippen LogP contribution is -2.21. The second-order valence-corrected chi connectivity index (χ2v) is 7.83. The summed E-state index contributed by atoms with van der Waals surface area (Å²) in [4.78, 5) is 0. The van der Waals surface area contributed by atoms with E-state index in [2.05, 4.69) is 13.8 Å². The fraction of sp³-hybridized carbons (Fsp3) is 0.455. The Morgan fingerprint density at radius 3 is 1.96 bits per heavy atom. The van der Waals surface area contributed by atoms with Gasteiger partial charge in [-0.15, -0.1) is 11.8 Å². The monoisotopic (exact) mass is 412 g/mol. The lowest BCUT2D eigenvalue weighted by Gasteiger charge is -2.21. The molecular formula is C22H27F3O2S. The number of phenols is 1. The molecule has 0 amide bonds. The molecule has 0 saturated carbocycles. The van der Waals surface area contributed by atoms with Crippen molar-refractivity contribution in [3.8, 4) is 11.5 Å². The van der Waals surface area contributed by atoms with Gasteiger partial charge in [0.1, 0.15) is 23.4 Å². The second-order valence-electron chi connectivity index (χ2n) is 6.78. The summed E-state index contributed by atoms with van der Waals surface area (Å²) in [6.45, 7) is 4.40. The average Bonchev–Trinajstić information content (AvgIpc) is 2.66. The van der Waals surface area contributed by atoms with Gasteiger partial charge < -0.3 is 9.84 Å². The van der Waals surface area contributed by atoms with Crippen LogP contribution in [-0.4, -0.2) is 23.0 Å². The number of benzene rings is 2. The molecule has 2 nitrogen and oxygen atoms in total. The molecule has 1 atom stereocenters. The van der Waals surface area contributed by atoms with E-state index in [1.807, 2.05) is 0 Å². The number of rotatable bonds is 10. The normalized spacial score (nSPS) is 12.9. The fourth-order valence-corrected chi connectivity index (χ4v) is 3.95. The summed E-state index contributed by atoms with van der Waals surface area (Å²) >= 11 is 1.69. The van der Waals surface area contributed by atoms with Gasteiger partial charge >= 0.3 is 6.18 Å². The van der Waals surface area contributed by atoms with Gasteiger partial charge in [-0.3, -0.25) is 0 Å². The highest BCUT2D eigenvalue weighted by atomic mass is 32.2. The summed E-state index contributed by atoms with van der Waals surface area (Å²) in [5.41, 5.74) is 0.239. The molecule has 2 aromatic rings. The van der Waals surface area contributed by atoms with Crippen LogP contribution in [0.5, 0.6) is 11.5 Å². The van der Waals surface area contributed by atoms with Crippen molar-refractivity contribution in [2.45, 2.75) is 45.2 Å². The van der Waals surface area contributed by atoms with Gasteiger partial charge in [0.05, 0.1) is 0 Å². The number of halogens is 3. The molecule has 0 heterocycles. The van der Waals surface area contributed by atoms with Crippen LogP contribution in [0.4, 0.5) is 13.2 Å². The molecule has 0 spiro atoms. The third-order valence-corrected chi connectivity index (χ3v) is 5.71. The van der Waals surface area contributed by atoms with E-state index in [1.165, 1.54) is 49.2 Å². The van der Waals surface area contributed by atoms with Gasteiger partial charge in [0.25, 0.3) is 0 Å². The summed E-state index contributed by atoms with van der Waals surface area (Å²) in [5.74, 6) is 1.00. The van der Waals surface area contributed by atoms with Gasteiger partial charge in [-0.2, -0.15) is 13.2 Å². The van der Waals surface area contributed by atoms with Gasteiger partial charge in [-0.05, 0) is 53.5 Å². The maximum atomic E-state index is 13.6. The number of aromatic hydroxyl groups is 1. The summed E-state index contributed by atoms with van der Waals surface area (Å²) in [6.07, 6.45) is -0.911. The predicted molar refractivity (Wildman–Crippen MR) is 109 cm³/mol. The van der Waals surface area contributed by atoms with Crippen LogP contribution < -0.4 is 4.74 Å². The number of ether oxygens (including phenoxy) is 1. The van der Waals surface area contributed by atoms with Crippen LogP contribution in [0.25, 0.3) is 0 Å². The maximum absolute atomic E-state index is 13.6. The second kappa shape index (κ2) is 10.6. The number of thioether (sulfide) groups is 1. The minimum Gasteiger partial charge on any atom is -0.508 e. The third-order valence-electron chi connectivity index (χ3n) is 4.90. The van der Waals surface area contributed by atoms with Crippen LogP contribution in [-0.2, 0) is 0 Å². The van der Waals surface area contributed by atoms with Gasteiger partial charge in [-0.1, -0.05) is 51.0 Å². The largest absolute Gasteiger partial charge is 0.508 e. The van der Waals surface area contributed by atoms with Crippen LogP contribution in [0, 0.1) is 5.92 Å². The van der Waals surface area contributed by atoms with Crippen LogP contribution >= 0.6 is 11.8 Å². The maximum Gasteiger partial charge on any atom is 0.399 e. The molecule has 28 heavy (non-hydrogen) atoms. The Morgan fingerprint density at radius 2 is 1.46 bits per heavy atom. The van der Waals surface area contributed by atoms with E-state index in [0.717, 1.165) is 18.1 Å². The standard InChI is InChI=1S/C22H27F3O2S/c1-3-16(4-2)13-14-28-15-27-20-11-7-18(8-12-20)21(22(23,24)25)17-5-9-19(26)10-6-17/h5-12,16,21,26H,3-4,13-15H2,1-2H3. The number of alkyl halides is 3. The fourth-order valence-electron chi connectivity index (χ4n) is 3.11. The molecule has 0 bridgehead atoms. The quantitative estimate of drug-likeness (QED) is 0.337. The molecule has 0 aliphatic heterocycles. The summed E-state index contributed by atoms with van der Waals surface area (Å²) in [6, 6.07) is 11.2. The van der Waals surface area contributed by atoms with Crippen LogP contribution in [0.3, 0.4) is 0 Å². The number of hydrogen-bond donors (Lipinski definition) is 1. The lowest BCUT2D eigenvalue weighted by atomic mass is 9.90. The third kappa shape index (κ3) is 6.66. The Kier molecular flexibility index (Phi) is 8.55. The van der Waals surface area contributed by atoms with Crippen molar-refractivity contribution in [3.05, 3.63) is 59.7 Å². The highest BCUT2D eigenvalue weighted by molar-refractivity contribution is 7.99. The summed E-state index contributed by atoms with van der Waals surface area (Å²) in [7, 11) is 0. The Morgan fingerprint density at radius 1 is 0.929 bits per heavy atom. The molecule has 1 N–H and O–H groups in total. The van der Waals surface area contributed by atoms with Crippen molar-refractivity contribution in [3.63, 3.8) is 0 Å². The molecule has 0 fully saturated rings. The molecule has 6 heteroatoms. The van der Waals surface area contributed by atoms with Gasteiger partial charge in [0, 0.05) is 0 Å². The van der Waals surface area contributed by atoms with Crippen molar-refractivity contribution in [2.75, 3.05) is 11.7 Å². The Hall–Kier alpha value is -1.82. The van der Waals surface area contributed by atoms with Gasteiger partial charge in [0.15, 0.2) is 0 Å². The summed E-state index contributed by atoms with van der Waals surface area (Å²) in [5, 5.41) is 9.33. The van der Waals surface area contributed by atoms with E-state index >= 15 is 0 Å². The van der Waals surface area contributed by atoms with E-state index in [4.69, 9.17) is 4.74 Å². The van der Waals surface area contributed by atoms with Crippen molar-refractivity contribution in [2.24, 2.45) is 5.92 Å². The minimum absolute atomic E-state index is 0.0601. The Bertz CT molecular complexity index is 695. The summed E-state index contributed by atoms with van der Waals surface area (Å²) < 4.78 is 46.5. The zero-order chi connectivity index (χ0) is 20.6.